The molecular formula is C43H26N8O7. The quantitative estimate of drug-likeness (QED) is 0.111. The third-order valence-corrected chi connectivity index (χ3v) is 9.87. The molecule has 0 spiro atoms. The van der Waals surface area contributed by atoms with Gasteiger partial charge in [-0.2, -0.15) is 4.98 Å². The fourth-order valence-electron chi connectivity index (χ4n) is 6.98. The van der Waals surface area contributed by atoms with Crippen molar-refractivity contribution >= 4 is 86.2 Å². The number of fused-ring (bicyclic) bond motifs is 4. The van der Waals surface area contributed by atoms with Crippen molar-refractivity contribution in [3.63, 3.8) is 0 Å². The van der Waals surface area contributed by atoms with Gasteiger partial charge in [0.1, 0.15) is 6.33 Å². The molecule has 6 aromatic carbocycles. The van der Waals surface area contributed by atoms with Gasteiger partial charge in [-0.25, -0.2) is 14.9 Å². The zero-order valence-electron chi connectivity index (χ0n) is 30.1. The second kappa shape index (κ2) is 13.7. The minimum absolute atomic E-state index is 0.0171. The Morgan fingerprint density at radius 2 is 1.21 bits per heavy atom. The summed E-state index contributed by atoms with van der Waals surface area (Å²) in [6, 6.07) is 30.0. The second-order valence-electron chi connectivity index (χ2n) is 13.4. The lowest BCUT2D eigenvalue weighted by atomic mass is 9.96. The average Bonchev–Trinajstić information content (AvgIpc) is 3.66. The molecule has 15 heteroatoms. The molecule has 1 aromatic heterocycles. The van der Waals surface area contributed by atoms with Crippen LogP contribution in [0.1, 0.15) is 78.1 Å². The van der Waals surface area contributed by atoms with E-state index in [2.05, 4.69) is 36.2 Å². The molecule has 0 saturated carbocycles. The molecule has 0 atom stereocenters. The molecule has 4 N–H and O–H groups in total. The van der Waals surface area contributed by atoms with Crippen molar-refractivity contribution in [1.82, 2.24) is 20.3 Å². The van der Waals surface area contributed by atoms with Crippen LogP contribution in [0.4, 0.5) is 23.3 Å². The van der Waals surface area contributed by atoms with E-state index in [0.717, 1.165) is 22.0 Å². The molecule has 3 heterocycles. The number of carbonyl (C=O) groups is 7. The Morgan fingerprint density at radius 1 is 0.586 bits per heavy atom. The summed E-state index contributed by atoms with van der Waals surface area (Å²) in [5.41, 5.74) is 2.20. The van der Waals surface area contributed by atoms with Crippen molar-refractivity contribution in [1.29, 1.82) is 0 Å². The number of anilines is 4. The van der Waals surface area contributed by atoms with Gasteiger partial charge >= 0.3 is 0 Å². The Balaban J connectivity index is 0.916. The number of hydrogen-bond donors (Lipinski definition) is 4. The normalized spacial score (nSPS) is 13.0. The molecule has 15 nitrogen and oxygen atoms in total. The highest BCUT2D eigenvalue weighted by Gasteiger charge is 2.39. The first-order valence-electron chi connectivity index (χ1n) is 17.7. The van der Waals surface area contributed by atoms with Gasteiger partial charge in [0.2, 0.25) is 11.9 Å². The fourth-order valence-corrected chi connectivity index (χ4v) is 6.98. The highest BCUT2D eigenvalue weighted by molar-refractivity contribution is 6.34. The Hall–Kier alpha value is -8.46. The minimum atomic E-state index is -0.785. The molecule has 0 unspecified atom stereocenters. The van der Waals surface area contributed by atoms with Gasteiger partial charge in [0, 0.05) is 22.5 Å². The Bertz CT molecular complexity index is 2980. The molecule has 58 heavy (non-hydrogen) atoms. The standard InChI is InChI=1S/C43H26N8O7/c1-21-10-13-26(19-33(21)47-36(53)24-11-14-29-31(17-24)38(55)48-37(29)54)46-35(52)25-12-15-30-32(18-25)41(58)51(40(30)57)43-45-20-44-42(50-43)49-39(56)34-27-8-4-2-6-22(27)16-23-7-3-5-9-28(23)34/h2-20H,1H3,(H,46,52)(H,47,53)(H,48,54,55)(H,44,45,49,50,56). The van der Waals surface area contributed by atoms with Gasteiger partial charge in [0.05, 0.1) is 27.8 Å². The van der Waals surface area contributed by atoms with Crippen LogP contribution in [0.3, 0.4) is 0 Å². The summed E-state index contributed by atoms with van der Waals surface area (Å²) in [5, 5.41) is 13.5. The maximum absolute atomic E-state index is 13.8. The minimum Gasteiger partial charge on any atom is -0.322 e. The maximum Gasteiger partial charge on any atom is 0.268 e. The Labute approximate surface area is 327 Å². The van der Waals surface area contributed by atoms with Gasteiger partial charge in [0.25, 0.3) is 41.4 Å². The third-order valence-electron chi connectivity index (χ3n) is 9.87. The first kappa shape index (κ1) is 35.3. The molecular weight excluding hydrogens is 741 g/mol. The van der Waals surface area contributed by atoms with Crippen LogP contribution in [0.15, 0.2) is 116 Å². The van der Waals surface area contributed by atoms with Crippen LogP contribution in [-0.2, 0) is 0 Å². The van der Waals surface area contributed by atoms with E-state index < -0.39 is 41.4 Å². The number of imide groups is 2. The monoisotopic (exact) mass is 766 g/mol. The number of aromatic nitrogens is 3. The van der Waals surface area contributed by atoms with Crippen LogP contribution in [0.25, 0.3) is 21.5 Å². The number of hydrogen-bond acceptors (Lipinski definition) is 10. The van der Waals surface area contributed by atoms with E-state index >= 15 is 0 Å². The lowest BCUT2D eigenvalue weighted by molar-refractivity contribution is 0.0873. The van der Waals surface area contributed by atoms with Gasteiger partial charge < -0.3 is 10.6 Å². The smallest absolute Gasteiger partial charge is 0.268 e. The number of carbonyl (C=O) groups excluding carboxylic acids is 7. The largest absolute Gasteiger partial charge is 0.322 e. The van der Waals surface area contributed by atoms with E-state index in [4.69, 9.17) is 0 Å². The number of rotatable bonds is 7. The molecule has 0 bridgehead atoms. The van der Waals surface area contributed by atoms with Crippen LogP contribution >= 0.6 is 0 Å². The average molecular weight is 767 g/mol. The molecule has 9 rings (SSSR count). The molecule has 280 valence electrons. The van der Waals surface area contributed by atoms with Gasteiger partial charge in [-0.05, 0) is 88.6 Å². The van der Waals surface area contributed by atoms with Crippen molar-refractivity contribution in [3.05, 3.63) is 160 Å². The maximum atomic E-state index is 13.8. The molecule has 0 radical (unpaired) electrons. The topological polar surface area (TPSA) is 210 Å². The molecule has 0 saturated heterocycles. The van der Waals surface area contributed by atoms with Gasteiger partial charge in [-0.3, -0.25) is 44.2 Å². The number of aryl methyl sites for hydroxylation is 1. The van der Waals surface area contributed by atoms with Crippen LogP contribution in [-0.4, -0.2) is 56.3 Å². The predicted molar refractivity (Wildman–Crippen MR) is 212 cm³/mol. The Morgan fingerprint density at radius 3 is 1.93 bits per heavy atom. The summed E-state index contributed by atoms with van der Waals surface area (Å²) in [5.74, 6) is -4.80. The van der Waals surface area contributed by atoms with Crippen molar-refractivity contribution < 1.29 is 33.6 Å². The summed E-state index contributed by atoms with van der Waals surface area (Å²) in [6.45, 7) is 1.75. The van der Waals surface area contributed by atoms with Crippen molar-refractivity contribution in [2.24, 2.45) is 0 Å². The van der Waals surface area contributed by atoms with Crippen molar-refractivity contribution in [2.45, 2.75) is 6.92 Å². The van der Waals surface area contributed by atoms with E-state index in [0.29, 0.717) is 33.3 Å². The number of benzene rings is 6. The SMILES string of the molecule is Cc1ccc(NC(=O)c2ccc3c(c2)C(=O)N(c2ncnc(NC(=O)c4c5ccccc5cc5ccccc45)n2)C3=O)cc1NC(=O)c1ccc2c(c1)C(=O)NC2=O. The summed E-state index contributed by atoms with van der Waals surface area (Å²) >= 11 is 0. The lowest BCUT2D eigenvalue weighted by Crippen LogP contribution is -2.31. The fraction of sp³-hybridized carbons (Fsp3) is 0.0233. The van der Waals surface area contributed by atoms with Crippen molar-refractivity contribution in [2.75, 3.05) is 20.9 Å². The molecule has 7 amide bonds. The summed E-state index contributed by atoms with van der Waals surface area (Å²) in [6.07, 6.45) is 1.08. The van der Waals surface area contributed by atoms with Gasteiger partial charge in [0.15, 0.2) is 0 Å². The molecule has 7 aromatic rings. The summed E-state index contributed by atoms with van der Waals surface area (Å²) < 4.78 is 0. The van der Waals surface area contributed by atoms with Gasteiger partial charge in [-0.15, -0.1) is 0 Å². The first-order chi connectivity index (χ1) is 28.0. The molecule has 0 aliphatic carbocycles. The highest BCUT2D eigenvalue weighted by atomic mass is 16.2. The number of nitrogens with one attached hydrogen (secondary N) is 4. The van der Waals surface area contributed by atoms with E-state index in [-0.39, 0.29) is 45.3 Å². The van der Waals surface area contributed by atoms with Gasteiger partial charge in [-0.1, -0.05) is 54.6 Å². The van der Waals surface area contributed by atoms with E-state index in [1.165, 1.54) is 36.4 Å². The zero-order valence-corrected chi connectivity index (χ0v) is 30.1. The van der Waals surface area contributed by atoms with E-state index in [1.807, 2.05) is 54.6 Å². The van der Waals surface area contributed by atoms with E-state index in [1.54, 1.807) is 25.1 Å². The second-order valence-corrected chi connectivity index (χ2v) is 13.4. The van der Waals surface area contributed by atoms with Crippen molar-refractivity contribution in [3.8, 4) is 0 Å². The summed E-state index contributed by atoms with van der Waals surface area (Å²) in [7, 11) is 0. The molecule has 2 aliphatic rings. The molecule has 2 aliphatic heterocycles. The highest BCUT2D eigenvalue weighted by Crippen LogP contribution is 2.31. The van der Waals surface area contributed by atoms with Crippen LogP contribution < -0.4 is 26.2 Å². The predicted octanol–water partition coefficient (Wildman–Crippen LogP) is 5.93. The molecule has 0 fully saturated rings. The van der Waals surface area contributed by atoms with E-state index in [9.17, 15) is 33.6 Å². The number of amides is 7. The lowest BCUT2D eigenvalue weighted by Gasteiger charge is -2.13. The summed E-state index contributed by atoms with van der Waals surface area (Å²) in [4.78, 5) is 105. The Kier molecular flexibility index (Phi) is 8.32. The van der Waals surface area contributed by atoms with Crippen LogP contribution in [0, 0.1) is 6.92 Å². The third kappa shape index (κ3) is 6.04. The first-order valence-corrected chi connectivity index (χ1v) is 17.7. The number of nitrogens with zero attached hydrogens (tertiary/aromatic N) is 4. The van der Waals surface area contributed by atoms with Crippen LogP contribution in [0.5, 0.6) is 0 Å². The zero-order chi connectivity index (χ0) is 40.2. The van der Waals surface area contributed by atoms with Crippen LogP contribution in [0.2, 0.25) is 0 Å².